The molecule has 1 aromatic carbocycles. The van der Waals surface area contributed by atoms with Crippen LogP contribution in [0, 0.1) is 0 Å². The van der Waals surface area contributed by atoms with Crippen LogP contribution < -0.4 is 15.4 Å². The summed E-state index contributed by atoms with van der Waals surface area (Å²) in [7, 11) is 3.17. The van der Waals surface area contributed by atoms with E-state index in [0.717, 1.165) is 12.1 Å². The summed E-state index contributed by atoms with van der Waals surface area (Å²) in [4.78, 5) is 11.9. The lowest BCUT2D eigenvalue weighted by Gasteiger charge is -2.08. The zero-order chi connectivity index (χ0) is 17.4. The second-order valence-electron chi connectivity index (χ2n) is 4.88. The topological polar surface area (TPSA) is 85.4 Å². The summed E-state index contributed by atoms with van der Waals surface area (Å²) in [5.74, 6) is 0.832. The Morgan fingerprint density at radius 1 is 1.21 bits per heavy atom. The molecule has 0 aliphatic carbocycles. The number of nitrogens with one attached hydrogen (secondary N) is 2. The molecule has 0 unspecified atom stereocenters. The van der Waals surface area contributed by atoms with E-state index >= 15 is 0 Å². The fourth-order valence-corrected chi connectivity index (χ4v) is 2.18. The van der Waals surface area contributed by atoms with Gasteiger partial charge in [0.25, 0.3) is 5.91 Å². The third-order valence-electron chi connectivity index (χ3n) is 3.13. The van der Waals surface area contributed by atoms with Crippen molar-refractivity contribution in [3.05, 3.63) is 41.0 Å². The minimum Gasteiger partial charge on any atom is -0.495 e. The van der Waals surface area contributed by atoms with Gasteiger partial charge in [0, 0.05) is 25.9 Å². The van der Waals surface area contributed by atoms with Crippen LogP contribution in [0.5, 0.6) is 5.75 Å². The molecule has 0 saturated carbocycles. The number of anilines is 2. The molecule has 0 aliphatic rings. The number of carbonyl (C=O) groups excluding carboxylic acids is 1. The summed E-state index contributed by atoms with van der Waals surface area (Å²) < 4.78 is 10.0. The second kappa shape index (κ2) is 9.05. The summed E-state index contributed by atoms with van der Waals surface area (Å²) in [6, 6.07) is 8.56. The Morgan fingerprint density at radius 3 is 2.67 bits per heavy atom. The first kappa shape index (κ1) is 18.0. The first-order valence-corrected chi connectivity index (χ1v) is 7.73. The van der Waals surface area contributed by atoms with Crippen molar-refractivity contribution in [2.75, 3.05) is 32.7 Å². The van der Waals surface area contributed by atoms with Gasteiger partial charge in [-0.05, 0) is 36.8 Å². The summed E-state index contributed by atoms with van der Waals surface area (Å²) >= 11 is 6.07. The van der Waals surface area contributed by atoms with E-state index in [2.05, 4.69) is 20.8 Å². The predicted molar refractivity (Wildman–Crippen MR) is 92.1 cm³/mol. The van der Waals surface area contributed by atoms with Crippen LogP contribution in [0.25, 0.3) is 0 Å². The average Bonchev–Trinajstić information content (AvgIpc) is 2.59. The van der Waals surface area contributed by atoms with E-state index in [1.165, 1.54) is 0 Å². The number of aromatic nitrogens is 2. The van der Waals surface area contributed by atoms with Gasteiger partial charge >= 0.3 is 0 Å². The molecule has 0 spiro atoms. The molecule has 0 atom stereocenters. The highest BCUT2D eigenvalue weighted by atomic mass is 35.5. The van der Waals surface area contributed by atoms with E-state index in [1.807, 2.05) is 6.07 Å². The maximum absolute atomic E-state index is 11.9. The van der Waals surface area contributed by atoms with Crippen molar-refractivity contribution in [3.63, 3.8) is 0 Å². The van der Waals surface area contributed by atoms with E-state index in [9.17, 15) is 4.79 Å². The first-order valence-electron chi connectivity index (χ1n) is 7.35. The molecule has 2 rings (SSSR count). The lowest BCUT2D eigenvalue weighted by atomic mass is 10.3. The number of nitrogens with zero attached hydrogens (tertiary/aromatic N) is 2. The van der Waals surface area contributed by atoms with Gasteiger partial charge in [-0.1, -0.05) is 11.6 Å². The Bertz CT molecular complexity index is 680. The SMILES string of the molecule is COCCCNC(=O)c1ccc(Nc2ccc(OC)c(Cl)c2)nn1. The first-order chi connectivity index (χ1) is 11.6. The molecule has 0 aliphatic heterocycles. The fourth-order valence-electron chi connectivity index (χ4n) is 1.92. The Labute approximate surface area is 145 Å². The second-order valence-corrected chi connectivity index (χ2v) is 5.29. The van der Waals surface area contributed by atoms with Gasteiger partial charge < -0.3 is 20.1 Å². The van der Waals surface area contributed by atoms with E-state index in [-0.39, 0.29) is 11.6 Å². The molecule has 7 nitrogen and oxygen atoms in total. The van der Waals surface area contributed by atoms with Crippen molar-refractivity contribution < 1.29 is 14.3 Å². The van der Waals surface area contributed by atoms with Gasteiger partial charge in [0.1, 0.15) is 5.75 Å². The monoisotopic (exact) mass is 350 g/mol. The highest BCUT2D eigenvalue weighted by Crippen LogP contribution is 2.28. The Hall–Kier alpha value is -2.38. The molecule has 24 heavy (non-hydrogen) atoms. The third-order valence-corrected chi connectivity index (χ3v) is 3.43. The fraction of sp³-hybridized carbons (Fsp3) is 0.312. The molecular formula is C16H19ClN4O3. The zero-order valence-electron chi connectivity index (χ0n) is 13.5. The van der Waals surface area contributed by atoms with Crippen LogP contribution in [-0.2, 0) is 4.74 Å². The van der Waals surface area contributed by atoms with Gasteiger partial charge in [-0.15, -0.1) is 10.2 Å². The molecule has 2 aromatic rings. The van der Waals surface area contributed by atoms with Gasteiger partial charge in [-0.25, -0.2) is 0 Å². The van der Waals surface area contributed by atoms with Gasteiger partial charge in [0.05, 0.1) is 12.1 Å². The van der Waals surface area contributed by atoms with E-state index in [1.54, 1.807) is 38.5 Å². The number of amides is 1. The quantitative estimate of drug-likeness (QED) is 0.712. The molecule has 1 aromatic heterocycles. The van der Waals surface area contributed by atoms with Crippen molar-refractivity contribution in [1.29, 1.82) is 0 Å². The molecule has 1 amide bonds. The summed E-state index contributed by atoms with van der Waals surface area (Å²) in [5, 5.41) is 14.2. The molecule has 1 heterocycles. The number of ether oxygens (including phenoxy) is 2. The smallest absolute Gasteiger partial charge is 0.271 e. The standard InChI is InChI=1S/C16H19ClN4O3/c1-23-9-3-8-18-16(22)13-5-7-15(21-20-13)19-11-4-6-14(24-2)12(17)10-11/h4-7,10H,3,8-9H2,1-2H3,(H,18,22)(H,19,21). The number of rotatable bonds is 8. The van der Waals surface area contributed by atoms with Crippen molar-refractivity contribution in [3.8, 4) is 5.75 Å². The van der Waals surface area contributed by atoms with Gasteiger partial charge in [-0.2, -0.15) is 0 Å². The van der Waals surface area contributed by atoms with E-state index in [0.29, 0.717) is 29.7 Å². The van der Waals surface area contributed by atoms with Crippen LogP contribution in [0.2, 0.25) is 5.02 Å². The third kappa shape index (κ3) is 5.07. The van der Waals surface area contributed by atoms with Crippen molar-refractivity contribution in [1.82, 2.24) is 15.5 Å². The largest absolute Gasteiger partial charge is 0.495 e. The molecule has 0 saturated heterocycles. The lowest BCUT2D eigenvalue weighted by Crippen LogP contribution is -2.26. The lowest BCUT2D eigenvalue weighted by molar-refractivity contribution is 0.0942. The number of methoxy groups -OCH3 is 2. The average molecular weight is 351 g/mol. The summed E-state index contributed by atoms with van der Waals surface area (Å²) in [6.45, 7) is 1.12. The van der Waals surface area contributed by atoms with Crippen LogP contribution >= 0.6 is 11.6 Å². The van der Waals surface area contributed by atoms with Gasteiger partial charge in [0.2, 0.25) is 0 Å². The Morgan fingerprint density at radius 2 is 2.04 bits per heavy atom. The van der Waals surface area contributed by atoms with Crippen LogP contribution in [0.1, 0.15) is 16.9 Å². The van der Waals surface area contributed by atoms with Crippen LogP contribution in [-0.4, -0.2) is 43.5 Å². The Balaban J connectivity index is 1.94. The van der Waals surface area contributed by atoms with Crippen molar-refractivity contribution in [2.45, 2.75) is 6.42 Å². The molecule has 0 radical (unpaired) electrons. The summed E-state index contributed by atoms with van der Waals surface area (Å²) in [5.41, 5.74) is 0.998. The maximum atomic E-state index is 11.9. The Kier molecular flexibility index (Phi) is 6.77. The minimum atomic E-state index is -0.266. The van der Waals surface area contributed by atoms with Gasteiger partial charge in [-0.3, -0.25) is 4.79 Å². The van der Waals surface area contributed by atoms with Crippen LogP contribution in [0.15, 0.2) is 30.3 Å². The zero-order valence-corrected chi connectivity index (χ0v) is 14.3. The molecule has 128 valence electrons. The van der Waals surface area contributed by atoms with Crippen LogP contribution in [0.4, 0.5) is 11.5 Å². The number of hydrogen-bond acceptors (Lipinski definition) is 6. The number of benzene rings is 1. The highest BCUT2D eigenvalue weighted by molar-refractivity contribution is 6.32. The molecular weight excluding hydrogens is 332 g/mol. The molecule has 0 fully saturated rings. The molecule has 0 bridgehead atoms. The number of hydrogen-bond donors (Lipinski definition) is 2. The van der Waals surface area contributed by atoms with Crippen molar-refractivity contribution >= 4 is 29.0 Å². The highest BCUT2D eigenvalue weighted by Gasteiger charge is 2.08. The van der Waals surface area contributed by atoms with Crippen LogP contribution in [0.3, 0.4) is 0 Å². The normalized spacial score (nSPS) is 10.3. The summed E-state index contributed by atoms with van der Waals surface area (Å²) in [6.07, 6.45) is 0.744. The number of halogens is 1. The minimum absolute atomic E-state index is 0.255. The predicted octanol–water partition coefficient (Wildman–Crippen LogP) is 2.65. The van der Waals surface area contributed by atoms with Gasteiger partial charge in [0.15, 0.2) is 11.5 Å². The van der Waals surface area contributed by atoms with Crippen molar-refractivity contribution in [2.24, 2.45) is 0 Å². The van der Waals surface area contributed by atoms with E-state index < -0.39 is 0 Å². The molecule has 2 N–H and O–H groups in total. The molecule has 8 heteroatoms. The van der Waals surface area contributed by atoms with E-state index in [4.69, 9.17) is 21.1 Å². The maximum Gasteiger partial charge on any atom is 0.271 e. The number of carbonyl (C=O) groups is 1.